The summed E-state index contributed by atoms with van der Waals surface area (Å²) in [7, 11) is 0. The molecule has 0 aliphatic rings. The van der Waals surface area contributed by atoms with Crippen LogP contribution in [0.5, 0.6) is 0 Å². The van der Waals surface area contributed by atoms with Gasteiger partial charge in [-0.05, 0) is 31.9 Å². The van der Waals surface area contributed by atoms with Crippen LogP contribution in [0.25, 0.3) is 10.9 Å². The van der Waals surface area contributed by atoms with Gasteiger partial charge in [0.1, 0.15) is 0 Å². The minimum Gasteiger partial charge on any atom is -0.461 e. The van der Waals surface area contributed by atoms with Crippen molar-refractivity contribution in [3.8, 4) is 0 Å². The summed E-state index contributed by atoms with van der Waals surface area (Å²) in [4.78, 5) is 34.4. The topological polar surface area (TPSA) is 69.2 Å². The number of para-hydroxylation sites is 1. The van der Waals surface area contributed by atoms with Crippen LogP contribution in [0.2, 0.25) is 0 Å². The van der Waals surface area contributed by atoms with E-state index in [1.54, 1.807) is 30.3 Å². The highest BCUT2D eigenvalue weighted by molar-refractivity contribution is 8.00. The second kappa shape index (κ2) is 9.71. The average molecular weight is 443 g/mol. The predicted octanol–water partition coefficient (Wildman–Crippen LogP) is 5.96. The summed E-state index contributed by atoms with van der Waals surface area (Å²) in [6.07, 6.45) is 3.42. The van der Waals surface area contributed by atoms with Crippen LogP contribution in [0.15, 0.2) is 40.7 Å². The van der Waals surface area contributed by atoms with Gasteiger partial charge in [0.15, 0.2) is 11.5 Å². The lowest BCUT2D eigenvalue weighted by Gasteiger charge is -2.18. The zero-order valence-corrected chi connectivity index (χ0v) is 19.4. The van der Waals surface area contributed by atoms with Crippen molar-refractivity contribution in [3.63, 3.8) is 0 Å². The molecule has 0 fully saturated rings. The van der Waals surface area contributed by atoms with E-state index in [4.69, 9.17) is 4.74 Å². The van der Waals surface area contributed by atoms with Crippen molar-refractivity contribution >= 4 is 45.8 Å². The quantitative estimate of drug-likeness (QED) is 0.243. The SMILES string of the molecule is CCOC(=O)c1csc(CCCC(=O)c2cnc3c(SC(C)(C)C)cccc3c2)n1. The molecule has 0 aliphatic heterocycles. The van der Waals surface area contributed by atoms with E-state index in [2.05, 4.69) is 36.8 Å². The van der Waals surface area contributed by atoms with Crippen molar-refractivity contribution in [2.75, 3.05) is 6.61 Å². The highest BCUT2D eigenvalue weighted by atomic mass is 32.2. The molecule has 30 heavy (non-hydrogen) atoms. The number of Topliss-reactive ketones (excluding diaryl/α,β-unsaturated/α-hetero) is 1. The Labute approximate surface area is 185 Å². The van der Waals surface area contributed by atoms with Gasteiger partial charge in [-0.15, -0.1) is 23.1 Å². The van der Waals surface area contributed by atoms with E-state index >= 15 is 0 Å². The van der Waals surface area contributed by atoms with E-state index in [1.165, 1.54) is 11.3 Å². The molecule has 3 aromatic rings. The lowest BCUT2D eigenvalue weighted by Crippen LogP contribution is -2.07. The molecule has 0 aliphatic carbocycles. The number of rotatable bonds is 8. The summed E-state index contributed by atoms with van der Waals surface area (Å²) in [5.74, 6) is -0.331. The number of ketones is 1. The third kappa shape index (κ3) is 5.89. The molecule has 0 radical (unpaired) electrons. The fourth-order valence-electron chi connectivity index (χ4n) is 2.97. The summed E-state index contributed by atoms with van der Waals surface area (Å²) in [5.41, 5.74) is 1.90. The van der Waals surface area contributed by atoms with Gasteiger partial charge in [0.2, 0.25) is 0 Å². The van der Waals surface area contributed by atoms with Gasteiger partial charge in [-0.3, -0.25) is 9.78 Å². The first-order valence-electron chi connectivity index (χ1n) is 9.99. The van der Waals surface area contributed by atoms with E-state index in [9.17, 15) is 9.59 Å². The van der Waals surface area contributed by atoms with Crippen molar-refractivity contribution in [1.29, 1.82) is 0 Å². The Hall–Kier alpha value is -2.25. The van der Waals surface area contributed by atoms with Crippen LogP contribution in [-0.4, -0.2) is 33.1 Å². The Bertz CT molecular complexity index is 1050. The zero-order chi connectivity index (χ0) is 21.7. The van der Waals surface area contributed by atoms with Gasteiger partial charge in [-0.25, -0.2) is 9.78 Å². The van der Waals surface area contributed by atoms with Crippen molar-refractivity contribution < 1.29 is 14.3 Å². The number of ether oxygens (including phenoxy) is 1. The van der Waals surface area contributed by atoms with Crippen molar-refractivity contribution in [1.82, 2.24) is 9.97 Å². The molecular formula is C23H26N2O3S2. The molecule has 0 atom stereocenters. The van der Waals surface area contributed by atoms with Crippen LogP contribution in [0.1, 0.15) is 66.4 Å². The molecule has 2 aromatic heterocycles. The maximum absolute atomic E-state index is 12.7. The smallest absolute Gasteiger partial charge is 0.357 e. The van der Waals surface area contributed by atoms with Crippen LogP contribution in [0, 0.1) is 0 Å². The molecule has 1 aromatic carbocycles. The first-order chi connectivity index (χ1) is 14.3. The molecule has 0 spiro atoms. The highest BCUT2D eigenvalue weighted by Gasteiger charge is 2.16. The van der Waals surface area contributed by atoms with E-state index in [0.29, 0.717) is 37.1 Å². The fraction of sp³-hybridized carbons (Fsp3) is 0.391. The molecule has 0 saturated heterocycles. The molecule has 0 bridgehead atoms. The van der Waals surface area contributed by atoms with Crippen LogP contribution in [-0.2, 0) is 11.2 Å². The number of benzene rings is 1. The number of aryl methyl sites for hydroxylation is 1. The van der Waals surface area contributed by atoms with E-state index < -0.39 is 5.97 Å². The number of hydrogen-bond acceptors (Lipinski definition) is 7. The number of thioether (sulfide) groups is 1. The van der Waals surface area contributed by atoms with Crippen molar-refractivity contribution in [3.05, 3.63) is 52.1 Å². The van der Waals surface area contributed by atoms with Crippen molar-refractivity contribution in [2.24, 2.45) is 0 Å². The summed E-state index contributed by atoms with van der Waals surface area (Å²) in [6.45, 7) is 8.62. The Morgan fingerprint density at radius 1 is 1.23 bits per heavy atom. The molecule has 2 heterocycles. The van der Waals surface area contributed by atoms with Gasteiger partial charge in [0.05, 0.1) is 17.1 Å². The third-order valence-corrected chi connectivity index (χ3v) is 6.31. The average Bonchev–Trinajstić information content (AvgIpc) is 3.16. The normalized spacial score (nSPS) is 11.6. The van der Waals surface area contributed by atoms with Crippen LogP contribution in [0.3, 0.4) is 0 Å². The molecule has 7 heteroatoms. The van der Waals surface area contributed by atoms with Gasteiger partial charge in [0.25, 0.3) is 0 Å². The Morgan fingerprint density at radius 3 is 2.77 bits per heavy atom. The van der Waals surface area contributed by atoms with Gasteiger partial charge in [-0.1, -0.05) is 32.9 Å². The minimum absolute atomic E-state index is 0.0699. The summed E-state index contributed by atoms with van der Waals surface area (Å²) in [5, 5.41) is 3.52. The molecule has 0 amide bonds. The summed E-state index contributed by atoms with van der Waals surface area (Å²) >= 11 is 3.20. The van der Waals surface area contributed by atoms with E-state index in [0.717, 1.165) is 20.8 Å². The van der Waals surface area contributed by atoms with Crippen LogP contribution in [0.4, 0.5) is 0 Å². The first kappa shape index (κ1) is 22.4. The molecule has 158 valence electrons. The number of aromatic nitrogens is 2. The molecular weight excluding hydrogens is 416 g/mol. The monoisotopic (exact) mass is 442 g/mol. The molecule has 0 saturated carbocycles. The maximum atomic E-state index is 12.7. The van der Waals surface area contributed by atoms with Crippen LogP contribution < -0.4 is 0 Å². The highest BCUT2D eigenvalue weighted by Crippen LogP contribution is 2.35. The maximum Gasteiger partial charge on any atom is 0.357 e. The fourth-order valence-corrected chi connectivity index (χ4v) is 4.85. The molecule has 5 nitrogen and oxygen atoms in total. The largest absolute Gasteiger partial charge is 0.461 e. The second-order valence-electron chi connectivity index (χ2n) is 7.89. The molecule has 3 rings (SSSR count). The Morgan fingerprint density at radius 2 is 2.03 bits per heavy atom. The lowest BCUT2D eigenvalue weighted by molar-refractivity contribution is 0.0520. The summed E-state index contributed by atoms with van der Waals surface area (Å²) in [6, 6.07) is 8.01. The third-order valence-electron chi connectivity index (χ3n) is 4.24. The molecule has 0 N–H and O–H groups in total. The minimum atomic E-state index is -0.401. The molecule has 0 unspecified atom stereocenters. The summed E-state index contributed by atoms with van der Waals surface area (Å²) < 4.78 is 5.05. The Balaban J connectivity index is 1.62. The zero-order valence-electron chi connectivity index (χ0n) is 17.7. The van der Waals surface area contributed by atoms with Crippen LogP contribution >= 0.6 is 23.1 Å². The number of esters is 1. The second-order valence-corrected chi connectivity index (χ2v) is 10.7. The number of fused-ring (bicyclic) bond motifs is 1. The first-order valence-corrected chi connectivity index (χ1v) is 11.7. The number of carbonyl (C=O) groups excluding carboxylic acids is 2. The number of pyridine rings is 1. The van der Waals surface area contributed by atoms with E-state index in [1.807, 2.05) is 18.2 Å². The number of carbonyl (C=O) groups is 2. The van der Waals surface area contributed by atoms with Gasteiger partial charge < -0.3 is 4.74 Å². The van der Waals surface area contributed by atoms with Gasteiger partial charge in [-0.2, -0.15) is 0 Å². The number of nitrogens with zero attached hydrogens (tertiary/aromatic N) is 2. The van der Waals surface area contributed by atoms with E-state index in [-0.39, 0.29) is 10.5 Å². The van der Waals surface area contributed by atoms with Gasteiger partial charge in [0, 0.05) is 38.6 Å². The van der Waals surface area contributed by atoms with Crippen molar-refractivity contribution in [2.45, 2.75) is 56.6 Å². The number of thiazole rings is 1. The number of hydrogen-bond donors (Lipinski definition) is 0. The lowest BCUT2D eigenvalue weighted by atomic mass is 10.1. The predicted molar refractivity (Wildman–Crippen MR) is 123 cm³/mol. The Kier molecular flexibility index (Phi) is 7.26. The standard InChI is InChI=1S/C23H26N2O3S2/c1-5-28-22(27)17-14-29-20(25-17)11-7-9-18(26)16-12-15-8-6-10-19(21(15)24-13-16)30-23(2,3)4/h6,8,10,12-14H,5,7,9,11H2,1-4H3. The van der Waals surface area contributed by atoms with Gasteiger partial charge >= 0.3 is 5.97 Å².